The summed E-state index contributed by atoms with van der Waals surface area (Å²) in [6.07, 6.45) is 2.08. The van der Waals surface area contributed by atoms with E-state index in [1.807, 2.05) is 19.9 Å². The maximum Gasteiger partial charge on any atom is 0.163 e. The van der Waals surface area contributed by atoms with Gasteiger partial charge in [-0.05, 0) is 13.8 Å². The van der Waals surface area contributed by atoms with Crippen LogP contribution >= 0.6 is 0 Å². The molecule has 0 aliphatic carbocycles. The van der Waals surface area contributed by atoms with E-state index in [1.54, 1.807) is 0 Å². The van der Waals surface area contributed by atoms with Crippen molar-refractivity contribution in [2.24, 2.45) is 5.92 Å². The van der Waals surface area contributed by atoms with Crippen molar-refractivity contribution in [1.82, 2.24) is 0 Å². The average molecular weight is 156 g/mol. The van der Waals surface area contributed by atoms with Gasteiger partial charge in [0.15, 0.2) is 5.79 Å². The third kappa shape index (κ3) is 2.04. The van der Waals surface area contributed by atoms with Crippen molar-refractivity contribution in [2.75, 3.05) is 6.61 Å². The van der Waals surface area contributed by atoms with Crippen LogP contribution in [0.3, 0.4) is 0 Å². The standard InChI is InChI=1S/C9H16O2/c1-5-7(2)8-6-10-9(3,4)11-8/h5,7-8H,1,6H2,2-4H3/t7-,8+/m0/s1. The molecule has 0 aromatic rings. The molecule has 11 heavy (non-hydrogen) atoms. The van der Waals surface area contributed by atoms with Crippen molar-refractivity contribution in [3.8, 4) is 0 Å². The van der Waals surface area contributed by atoms with E-state index in [2.05, 4.69) is 13.5 Å². The van der Waals surface area contributed by atoms with E-state index >= 15 is 0 Å². The summed E-state index contributed by atoms with van der Waals surface area (Å²) in [7, 11) is 0. The summed E-state index contributed by atoms with van der Waals surface area (Å²) in [6, 6.07) is 0. The second kappa shape index (κ2) is 2.95. The van der Waals surface area contributed by atoms with Crippen molar-refractivity contribution >= 4 is 0 Å². The minimum atomic E-state index is -0.401. The minimum Gasteiger partial charge on any atom is -0.348 e. The normalized spacial score (nSPS) is 31.7. The topological polar surface area (TPSA) is 18.5 Å². The van der Waals surface area contributed by atoms with E-state index in [0.29, 0.717) is 12.5 Å². The first-order valence-electron chi connectivity index (χ1n) is 3.99. The average Bonchev–Trinajstić information content (AvgIpc) is 2.29. The summed E-state index contributed by atoms with van der Waals surface area (Å²) in [4.78, 5) is 0. The second-order valence-corrected chi connectivity index (χ2v) is 3.46. The molecule has 1 rings (SSSR count). The summed E-state index contributed by atoms with van der Waals surface area (Å²) in [5.74, 6) is -0.0288. The van der Waals surface area contributed by atoms with E-state index in [1.165, 1.54) is 0 Å². The third-order valence-electron chi connectivity index (χ3n) is 1.99. The zero-order valence-electron chi connectivity index (χ0n) is 7.46. The zero-order chi connectivity index (χ0) is 8.48. The van der Waals surface area contributed by atoms with E-state index in [0.717, 1.165) is 0 Å². The van der Waals surface area contributed by atoms with Gasteiger partial charge in [0, 0.05) is 5.92 Å². The summed E-state index contributed by atoms with van der Waals surface area (Å²) in [6.45, 7) is 10.4. The van der Waals surface area contributed by atoms with Crippen LogP contribution in [-0.2, 0) is 9.47 Å². The SMILES string of the molecule is C=C[C@H](C)[C@H]1COC(C)(C)O1. The molecule has 1 heterocycles. The molecule has 0 amide bonds. The molecule has 1 saturated heterocycles. The zero-order valence-corrected chi connectivity index (χ0v) is 7.46. The monoisotopic (exact) mass is 156 g/mol. The Morgan fingerprint density at radius 1 is 1.64 bits per heavy atom. The number of rotatable bonds is 2. The summed E-state index contributed by atoms with van der Waals surface area (Å²) >= 11 is 0. The lowest BCUT2D eigenvalue weighted by molar-refractivity contribution is -0.141. The van der Waals surface area contributed by atoms with Gasteiger partial charge >= 0.3 is 0 Å². The highest BCUT2D eigenvalue weighted by Crippen LogP contribution is 2.26. The lowest BCUT2D eigenvalue weighted by atomic mass is 10.1. The Hall–Kier alpha value is -0.340. The van der Waals surface area contributed by atoms with Gasteiger partial charge in [0.1, 0.15) is 0 Å². The van der Waals surface area contributed by atoms with Crippen LogP contribution in [0.25, 0.3) is 0 Å². The van der Waals surface area contributed by atoms with Crippen LogP contribution < -0.4 is 0 Å². The minimum absolute atomic E-state index is 0.183. The van der Waals surface area contributed by atoms with Gasteiger partial charge in [-0.15, -0.1) is 6.58 Å². The van der Waals surface area contributed by atoms with Gasteiger partial charge in [0.2, 0.25) is 0 Å². The van der Waals surface area contributed by atoms with Gasteiger partial charge in [-0.25, -0.2) is 0 Å². The van der Waals surface area contributed by atoms with Crippen LogP contribution in [0.4, 0.5) is 0 Å². The highest BCUT2D eigenvalue weighted by atomic mass is 16.7. The molecule has 0 aromatic carbocycles. The second-order valence-electron chi connectivity index (χ2n) is 3.46. The molecule has 2 atom stereocenters. The highest BCUT2D eigenvalue weighted by Gasteiger charge is 2.34. The van der Waals surface area contributed by atoms with Crippen LogP contribution in [0, 0.1) is 5.92 Å². The fraction of sp³-hybridized carbons (Fsp3) is 0.778. The first kappa shape index (κ1) is 8.75. The van der Waals surface area contributed by atoms with Crippen molar-refractivity contribution in [2.45, 2.75) is 32.7 Å². The van der Waals surface area contributed by atoms with Crippen LogP contribution in [0.2, 0.25) is 0 Å². The lowest BCUT2D eigenvalue weighted by Gasteiger charge is -2.18. The Balaban J connectivity index is 2.47. The molecule has 0 radical (unpaired) electrons. The quantitative estimate of drug-likeness (QED) is 0.569. The number of hydrogen-bond donors (Lipinski definition) is 0. The first-order valence-corrected chi connectivity index (χ1v) is 3.99. The molecule has 0 N–H and O–H groups in total. The van der Waals surface area contributed by atoms with Gasteiger partial charge in [0.25, 0.3) is 0 Å². The summed E-state index contributed by atoms with van der Waals surface area (Å²) in [5, 5.41) is 0. The van der Waals surface area contributed by atoms with Crippen molar-refractivity contribution < 1.29 is 9.47 Å². The van der Waals surface area contributed by atoms with E-state index in [9.17, 15) is 0 Å². The predicted octanol–water partition coefficient (Wildman–Crippen LogP) is 1.96. The van der Waals surface area contributed by atoms with E-state index in [4.69, 9.17) is 9.47 Å². The van der Waals surface area contributed by atoms with E-state index < -0.39 is 5.79 Å². The Morgan fingerprint density at radius 3 is 2.64 bits per heavy atom. The van der Waals surface area contributed by atoms with Gasteiger partial charge in [0.05, 0.1) is 12.7 Å². The number of hydrogen-bond acceptors (Lipinski definition) is 2. The molecule has 0 bridgehead atoms. The van der Waals surface area contributed by atoms with Crippen molar-refractivity contribution in [1.29, 1.82) is 0 Å². The number of ether oxygens (including phenoxy) is 2. The molecule has 0 saturated carbocycles. The molecule has 64 valence electrons. The Kier molecular flexibility index (Phi) is 2.35. The maximum absolute atomic E-state index is 5.61. The van der Waals surface area contributed by atoms with Gasteiger partial charge in [-0.2, -0.15) is 0 Å². The fourth-order valence-electron chi connectivity index (χ4n) is 1.13. The van der Waals surface area contributed by atoms with Gasteiger partial charge in [-0.1, -0.05) is 13.0 Å². The first-order chi connectivity index (χ1) is 5.05. The smallest absolute Gasteiger partial charge is 0.163 e. The van der Waals surface area contributed by atoms with Crippen LogP contribution in [0.5, 0.6) is 0 Å². The largest absolute Gasteiger partial charge is 0.348 e. The van der Waals surface area contributed by atoms with E-state index in [-0.39, 0.29) is 6.10 Å². The Labute approximate surface area is 68.2 Å². The molecule has 1 aliphatic heterocycles. The summed E-state index contributed by atoms with van der Waals surface area (Å²) < 4.78 is 11.0. The molecular weight excluding hydrogens is 140 g/mol. The third-order valence-corrected chi connectivity index (χ3v) is 1.99. The van der Waals surface area contributed by atoms with Gasteiger partial charge < -0.3 is 9.47 Å². The molecule has 1 fully saturated rings. The fourth-order valence-corrected chi connectivity index (χ4v) is 1.13. The molecule has 2 nitrogen and oxygen atoms in total. The highest BCUT2D eigenvalue weighted by molar-refractivity contribution is 4.85. The molecular formula is C9H16O2. The molecule has 0 aromatic heterocycles. The van der Waals surface area contributed by atoms with Crippen molar-refractivity contribution in [3.05, 3.63) is 12.7 Å². The molecule has 0 unspecified atom stereocenters. The lowest BCUT2D eigenvalue weighted by Crippen LogP contribution is -2.24. The van der Waals surface area contributed by atoms with Gasteiger partial charge in [-0.3, -0.25) is 0 Å². The molecule has 1 aliphatic rings. The Bertz CT molecular complexity index is 152. The Morgan fingerprint density at radius 2 is 2.27 bits per heavy atom. The maximum atomic E-state index is 5.61. The summed E-state index contributed by atoms with van der Waals surface area (Å²) in [5.41, 5.74) is 0. The molecule has 0 spiro atoms. The predicted molar refractivity (Wildman–Crippen MR) is 44.3 cm³/mol. The van der Waals surface area contributed by atoms with Crippen molar-refractivity contribution in [3.63, 3.8) is 0 Å². The van der Waals surface area contributed by atoms with Crippen LogP contribution in [0.15, 0.2) is 12.7 Å². The van der Waals surface area contributed by atoms with Crippen LogP contribution in [0.1, 0.15) is 20.8 Å². The molecule has 2 heteroatoms. The van der Waals surface area contributed by atoms with Crippen LogP contribution in [-0.4, -0.2) is 18.5 Å².